The highest BCUT2D eigenvalue weighted by atomic mass is 19.1. The SMILES string of the molecule is COCCc1noc([C@H]2CCC(=O)N(Cc3ccccc3F)C2)n1. The summed E-state index contributed by atoms with van der Waals surface area (Å²) in [5, 5.41) is 3.94. The lowest BCUT2D eigenvalue weighted by Crippen LogP contribution is -2.38. The predicted octanol–water partition coefficient (Wildman–Crippen LogP) is 2.30. The minimum atomic E-state index is -0.299. The Morgan fingerprint density at radius 3 is 3.04 bits per heavy atom. The van der Waals surface area contributed by atoms with Crippen molar-refractivity contribution in [2.45, 2.75) is 31.7 Å². The first-order valence-corrected chi connectivity index (χ1v) is 8.00. The molecule has 2 heterocycles. The van der Waals surface area contributed by atoms with Crippen molar-refractivity contribution in [1.29, 1.82) is 0 Å². The Balaban J connectivity index is 1.68. The lowest BCUT2D eigenvalue weighted by atomic mass is 9.97. The number of carbonyl (C=O) groups excluding carboxylic acids is 1. The number of benzene rings is 1. The monoisotopic (exact) mass is 333 g/mol. The van der Waals surface area contributed by atoms with Crippen molar-refractivity contribution in [3.05, 3.63) is 47.4 Å². The van der Waals surface area contributed by atoms with Crippen molar-refractivity contribution in [2.75, 3.05) is 20.3 Å². The lowest BCUT2D eigenvalue weighted by molar-refractivity contribution is -0.134. The van der Waals surface area contributed by atoms with E-state index in [4.69, 9.17) is 9.26 Å². The highest BCUT2D eigenvalue weighted by molar-refractivity contribution is 5.77. The van der Waals surface area contributed by atoms with Crippen LogP contribution in [0.4, 0.5) is 4.39 Å². The third-order valence-corrected chi connectivity index (χ3v) is 4.18. The highest BCUT2D eigenvalue weighted by Crippen LogP contribution is 2.27. The second-order valence-electron chi connectivity index (χ2n) is 5.89. The van der Waals surface area contributed by atoms with E-state index in [1.54, 1.807) is 30.2 Å². The molecule has 1 aliphatic rings. The van der Waals surface area contributed by atoms with Crippen LogP contribution in [0, 0.1) is 5.82 Å². The molecule has 1 aromatic heterocycles. The number of nitrogens with zero attached hydrogens (tertiary/aromatic N) is 3. The maximum atomic E-state index is 13.8. The second-order valence-corrected chi connectivity index (χ2v) is 5.89. The maximum Gasteiger partial charge on any atom is 0.231 e. The van der Waals surface area contributed by atoms with Gasteiger partial charge in [-0.05, 0) is 12.5 Å². The van der Waals surface area contributed by atoms with Gasteiger partial charge in [-0.1, -0.05) is 23.4 Å². The van der Waals surface area contributed by atoms with Gasteiger partial charge in [-0.2, -0.15) is 4.98 Å². The zero-order valence-electron chi connectivity index (χ0n) is 13.6. The molecule has 0 spiro atoms. The summed E-state index contributed by atoms with van der Waals surface area (Å²) in [6, 6.07) is 6.51. The molecule has 1 amide bonds. The summed E-state index contributed by atoms with van der Waals surface area (Å²) in [5.74, 6) is 0.843. The van der Waals surface area contributed by atoms with Crippen LogP contribution in [0.15, 0.2) is 28.8 Å². The number of carbonyl (C=O) groups is 1. The van der Waals surface area contributed by atoms with Crippen LogP contribution in [0.3, 0.4) is 0 Å². The maximum absolute atomic E-state index is 13.8. The highest BCUT2D eigenvalue weighted by Gasteiger charge is 2.30. The molecule has 1 saturated heterocycles. The molecule has 6 nitrogen and oxygen atoms in total. The van der Waals surface area contributed by atoms with E-state index < -0.39 is 0 Å². The van der Waals surface area contributed by atoms with E-state index in [9.17, 15) is 9.18 Å². The number of hydrogen-bond donors (Lipinski definition) is 0. The van der Waals surface area contributed by atoms with Crippen LogP contribution in [0.2, 0.25) is 0 Å². The van der Waals surface area contributed by atoms with Gasteiger partial charge in [0.15, 0.2) is 5.82 Å². The fraction of sp³-hybridized carbons (Fsp3) is 0.471. The zero-order chi connectivity index (χ0) is 16.9. The largest absolute Gasteiger partial charge is 0.384 e. The first-order chi connectivity index (χ1) is 11.7. The topological polar surface area (TPSA) is 68.5 Å². The van der Waals surface area contributed by atoms with E-state index in [1.165, 1.54) is 6.07 Å². The van der Waals surface area contributed by atoms with Crippen LogP contribution < -0.4 is 0 Å². The van der Waals surface area contributed by atoms with Gasteiger partial charge in [0.2, 0.25) is 11.8 Å². The number of rotatable bonds is 6. The molecule has 0 unspecified atom stereocenters. The van der Waals surface area contributed by atoms with Crippen molar-refractivity contribution in [2.24, 2.45) is 0 Å². The van der Waals surface area contributed by atoms with Crippen LogP contribution in [-0.2, 0) is 22.5 Å². The predicted molar refractivity (Wildman–Crippen MR) is 83.7 cm³/mol. The van der Waals surface area contributed by atoms with Gasteiger partial charge in [-0.3, -0.25) is 4.79 Å². The Bertz CT molecular complexity index is 704. The number of likely N-dealkylation sites (tertiary alicyclic amines) is 1. The average Bonchev–Trinajstić information content (AvgIpc) is 3.06. The normalized spacial score (nSPS) is 18.2. The molecule has 1 aromatic carbocycles. The standard InChI is InChI=1S/C17H20FN3O3/c1-23-9-8-15-19-17(24-20-15)13-6-7-16(22)21(11-13)10-12-4-2-3-5-14(12)18/h2-5,13H,6-11H2,1H3/t13-/m0/s1. The summed E-state index contributed by atoms with van der Waals surface area (Å²) in [6.07, 6.45) is 1.65. The van der Waals surface area contributed by atoms with Gasteiger partial charge >= 0.3 is 0 Å². The third-order valence-electron chi connectivity index (χ3n) is 4.18. The van der Waals surface area contributed by atoms with Crippen molar-refractivity contribution in [3.8, 4) is 0 Å². The second kappa shape index (κ2) is 7.53. The summed E-state index contributed by atoms with van der Waals surface area (Å²) in [5.41, 5.74) is 0.512. The summed E-state index contributed by atoms with van der Waals surface area (Å²) < 4.78 is 24.2. The van der Waals surface area contributed by atoms with Gasteiger partial charge in [-0.25, -0.2) is 4.39 Å². The molecule has 128 valence electrons. The molecule has 0 bridgehead atoms. The molecule has 0 N–H and O–H groups in total. The molecule has 24 heavy (non-hydrogen) atoms. The molecule has 2 aromatic rings. The number of ether oxygens (including phenoxy) is 1. The third kappa shape index (κ3) is 3.79. The first kappa shape index (κ1) is 16.6. The van der Waals surface area contributed by atoms with Gasteiger partial charge in [-0.15, -0.1) is 0 Å². The average molecular weight is 333 g/mol. The fourth-order valence-electron chi connectivity index (χ4n) is 2.83. The Labute approximate surface area is 139 Å². The Morgan fingerprint density at radius 1 is 1.42 bits per heavy atom. The molecule has 1 fully saturated rings. The van der Waals surface area contributed by atoms with Gasteiger partial charge in [0.1, 0.15) is 5.82 Å². The summed E-state index contributed by atoms with van der Waals surface area (Å²) in [7, 11) is 1.62. The van der Waals surface area contributed by atoms with Crippen LogP contribution >= 0.6 is 0 Å². The quantitative estimate of drug-likeness (QED) is 0.811. The van der Waals surface area contributed by atoms with Crippen molar-refractivity contribution >= 4 is 5.91 Å². The van der Waals surface area contributed by atoms with Crippen LogP contribution in [-0.4, -0.2) is 41.2 Å². The fourth-order valence-corrected chi connectivity index (χ4v) is 2.83. The van der Waals surface area contributed by atoms with Crippen molar-refractivity contribution in [3.63, 3.8) is 0 Å². The van der Waals surface area contributed by atoms with E-state index in [0.717, 1.165) is 0 Å². The van der Waals surface area contributed by atoms with Gasteiger partial charge in [0, 0.05) is 38.6 Å². The number of halogens is 1. The smallest absolute Gasteiger partial charge is 0.231 e. The van der Waals surface area contributed by atoms with Crippen LogP contribution in [0.1, 0.15) is 36.0 Å². The summed E-state index contributed by atoms with van der Waals surface area (Å²) in [4.78, 5) is 18.2. The van der Waals surface area contributed by atoms with Gasteiger partial charge in [0.05, 0.1) is 12.5 Å². The van der Waals surface area contributed by atoms with Gasteiger partial charge < -0.3 is 14.2 Å². The molecule has 0 saturated carbocycles. The molecule has 1 atom stereocenters. The van der Waals surface area contributed by atoms with Crippen molar-refractivity contribution in [1.82, 2.24) is 15.0 Å². The Morgan fingerprint density at radius 2 is 2.25 bits per heavy atom. The first-order valence-electron chi connectivity index (χ1n) is 8.00. The lowest BCUT2D eigenvalue weighted by Gasteiger charge is -2.31. The van der Waals surface area contributed by atoms with E-state index in [2.05, 4.69) is 10.1 Å². The van der Waals surface area contributed by atoms with Crippen LogP contribution in [0.25, 0.3) is 0 Å². The molecule has 7 heteroatoms. The minimum Gasteiger partial charge on any atom is -0.384 e. The number of hydrogen-bond acceptors (Lipinski definition) is 5. The zero-order valence-corrected chi connectivity index (χ0v) is 13.6. The summed E-state index contributed by atoms with van der Waals surface area (Å²) >= 11 is 0. The van der Waals surface area contributed by atoms with E-state index in [-0.39, 0.29) is 24.2 Å². The number of amides is 1. The minimum absolute atomic E-state index is 0.0155. The van der Waals surface area contributed by atoms with Crippen molar-refractivity contribution < 1.29 is 18.4 Å². The molecule has 3 rings (SSSR count). The van der Waals surface area contributed by atoms with E-state index in [0.29, 0.717) is 49.7 Å². The molecule has 0 aliphatic carbocycles. The Hall–Kier alpha value is -2.28. The number of aromatic nitrogens is 2. The van der Waals surface area contributed by atoms with Crippen LogP contribution in [0.5, 0.6) is 0 Å². The number of piperidine rings is 1. The molecular weight excluding hydrogens is 313 g/mol. The van der Waals surface area contributed by atoms with Gasteiger partial charge in [0.25, 0.3) is 0 Å². The number of methoxy groups -OCH3 is 1. The molecule has 1 aliphatic heterocycles. The van der Waals surface area contributed by atoms with E-state index >= 15 is 0 Å². The summed E-state index contributed by atoms with van der Waals surface area (Å²) in [6.45, 7) is 1.24. The molecular formula is C17H20FN3O3. The Kier molecular flexibility index (Phi) is 5.20. The molecule has 0 radical (unpaired) electrons. The van der Waals surface area contributed by atoms with E-state index in [1.807, 2.05) is 0 Å².